The van der Waals surface area contributed by atoms with Crippen LogP contribution in [0.1, 0.15) is 30.1 Å². The SMILES string of the molecule is Cn1cnnc1C1CCN(S(=O)(=O)Cc2ccccc2)CC1. The molecule has 0 amide bonds. The van der Waals surface area contributed by atoms with E-state index >= 15 is 0 Å². The molecule has 1 aliphatic rings. The van der Waals surface area contributed by atoms with Crippen molar-refractivity contribution in [2.75, 3.05) is 13.1 Å². The second-order valence-electron chi connectivity index (χ2n) is 5.72. The summed E-state index contributed by atoms with van der Waals surface area (Å²) in [6.07, 6.45) is 3.27. The summed E-state index contributed by atoms with van der Waals surface area (Å²) in [5, 5.41) is 8.04. The highest BCUT2D eigenvalue weighted by Crippen LogP contribution is 2.28. The zero-order valence-corrected chi connectivity index (χ0v) is 13.4. The van der Waals surface area contributed by atoms with Crippen molar-refractivity contribution in [2.45, 2.75) is 24.5 Å². The predicted octanol–water partition coefficient (Wildman–Crippen LogP) is 1.52. The van der Waals surface area contributed by atoms with Gasteiger partial charge in [0.1, 0.15) is 12.2 Å². The van der Waals surface area contributed by atoms with Crippen LogP contribution in [-0.4, -0.2) is 40.6 Å². The van der Waals surface area contributed by atoms with E-state index in [-0.39, 0.29) is 11.7 Å². The Morgan fingerprint density at radius 3 is 2.45 bits per heavy atom. The lowest BCUT2D eigenvalue weighted by atomic mass is 9.97. The fourth-order valence-corrected chi connectivity index (χ4v) is 4.49. The Hall–Kier alpha value is -1.73. The molecule has 1 saturated heterocycles. The molecule has 2 heterocycles. The molecule has 6 nitrogen and oxygen atoms in total. The number of benzene rings is 1. The van der Waals surface area contributed by atoms with E-state index in [1.54, 1.807) is 10.6 Å². The van der Waals surface area contributed by atoms with Crippen LogP contribution >= 0.6 is 0 Å². The Morgan fingerprint density at radius 2 is 1.86 bits per heavy atom. The van der Waals surface area contributed by atoms with Crippen LogP contribution in [0.4, 0.5) is 0 Å². The van der Waals surface area contributed by atoms with E-state index < -0.39 is 10.0 Å². The van der Waals surface area contributed by atoms with Crippen LogP contribution in [0.15, 0.2) is 36.7 Å². The van der Waals surface area contributed by atoms with Gasteiger partial charge in [0.25, 0.3) is 0 Å². The fraction of sp³-hybridized carbons (Fsp3) is 0.467. The van der Waals surface area contributed by atoms with E-state index in [0.29, 0.717) is 13.1 Å². The van der Waals surface area contributed by atoms with E-state index in [9.17, 15) is 8.42 Å². The number of aromatic nitrogens is 3. The summed E-state index contributed by atoms with van der Waals surface area (Å²) >= 11 is 0. The van der Waals surface area contributed by atoms with Gasteiger partial charge < -0.3 is 4.57 Å². The molecular formula is C15H20N4O2S. The molecule has 0 aliphatic carbocycles. The molecule has 0 atom stereocenters. The Morgan fingerprint density at radius 1 is 1.18 bits per heavy atom. The van der Waals surface area contributed by atoms with Crippen molar-refractivity contribution in [2.24, 2.45) is 7.05 Å². The molecule has 7 heteroatoms. The molecule has 0 N–H and O–H groups in total. The van der Waals surface area contributed by atoms with Crippen molar-refractivity contribution in [3.05, 3.63) is 48.0 Å². The number of hydrogen-bond donors (Lipinski definition) is 0. The van der Waals surface area contributed by atoms with Gasteiger partial charge in [-0.25, -0.2) is 12.7 Å². The second-order valence-corrected chi connectivity index (χ2v) is 7.68. The molecule has 1 aromatic carbocycles. The lowest BCUT2D eigenvalue weighted by Gasteiger charge is -2.30. The first-order valence-corrected chi connectivity index (χ1v) is 9.03. The molecule has 0 saturated carbocycles. The summed E-state index contributed by atoms with van der Waals surface area (Å²) in [5.74, 6) is 1.30. The van der Waals surface area contributed by atoms with Crippen LogP contribution in [-0.2, 0) is 22.8 Å². The van der Waals surface area contributed by atoms with Crippen LogP contribution in [0.5, 0.6) is 0 Å². The first kappa shape index (κ1) is 15.2. The van der Waals surface area contributed by atoms with Crippen molar-refractivity contribution in [1.82, 2.24) is 19.1 Å². The molecule has 0 spiro atoms. The maximum absolute atomic E-state index is 12.5. The van der Waals surface area contributed by atoms with Gasteiger partial charge in [0.05, 0.1) is 5.75 Å². The van der Waals surface area contributed by atoms with Crippen LogP contribution in [0.2, 0.25) is 0 Å². The van der Waals surface area contributed by atoms with Gasteiger partial charge in [-0.2, -0.15) is 0 Å². The molecule has 1 aromatic heterocycles. The average molecular weight is 320 g/mol. The van der Waals surface area contributed by atoms with E-state index in [1.165, 1.54) is 0 Å². The van der Waals surface area contributed by atoms with Gasteiger partial charge in [0.2, 0.25) is 10.0 Å². The van der Waals surface area contributed by atoms with E-state index in [1.807, 2.05) is 41.9 Å². The highest BCUT2D eigenvalue weighted by Gasteiger charge is 2.30. The lowest BCUT2D eigenvalue weighted by Crippen LogP contribution is -2.39. The number of rotatable bonds is 4. The maximum Gasteiger partial charge on any atom is 0.218 e. The molecule has 0 radical (unpaired) electrons. The molecule has 118 valence electrons. The Bertz CT molecular complexity index is 719. The van der Waals surface area contributed by atoms with Crippen molar-refractivity contribution < 1.29 is 8.42 Å². The van der Waals surface area contributed by atoms with E-state index in [2.05, 4.69) is 10.2 Å². The third-order valence-corrected chi connectivity index (χ3v) is 6.00. The molecule has 1 fully saturated rings. The normalized spacial score (nSPS) is 17.7. The molecule has 2 aromatic rings. The van der Waals surface area contributed by atoms with Gasteiger partial charge in [-0.1, -0.05) is 30.3 Å². The third-order valence-electron chi connectivity index (χ3n) is 4.15. The fourth-order valence-electron chi connectivity index (χ4n) is 2.93. The molecular weight excluding hydrogens is 300 g/mol. The third kappa shape index (κ3) is 3.20. The number of sulfonamides is 1. The quantitative estimate of drug-likeness (QED) is 0.856. The van der Waals surface area contributed by atoms with Crippen molar-refractivity contribution in [1.29, 1.82) is 0 Å². The standard InChI is InChI=1S/C15H20N4O2S/c1-18-12-16-17-15(18)14-7-9-19(10-8-14)22(20,21)11-13-5-3-2-4-6-13/h2-6,12,14H,7-11H2,1H3. The van der Waals surface area contributed by atoms with Gasteiger partial charge in [-0.3, -0.25) is 0 Å². The van der Waals surface area contributed by atoms with Crippen LogP contribution in [0.25, 0.3) is 0 Å². The smallest absolute Gasteiger partial charge is 0.218 e. The highest BCUT2D eigenvalue weighted by molar-refractivity contribution is 7.88. The number of hydrogen-bond acceptors (Lipinski definition) is 4. The summed E-state index contributed by atoms with van der Waals surface area (Å²) in [6.45, 7) is 1.10. The topological polar surface area (TPSA) is 68.1 Å². The molecule has 1 aliphatic heterocycles. The largest absolute Gasteiger partial charge is 0.320 e. The molecule has 0 unspecified atom stereocenters. The van der Waals surface area contributed by atoms with Gasteiger partial charge in [-0.05, 0) is 18.4 Å². The van der Waals surface area contributed by atoms with Gasteiger partial charge >= 0.3 is 0 Å². The molecule has 0 bridgehead atoms. The summed E-state index contributed by atoms with van der Waals surface area (Å²) in [6, 6.07) is 9.33. The highest BCUT2D eigenvalue weighted by atomic mass is 32.2. The predicted molar refractivity (Wildman–Crippen MR) is 83.6 cm³/mol. The van der Waals surface area contributed by atoms with Gasteiger partial charge in [0.15, 0.2) is 0 Å². The first-order chi connectivity index (χ1) is 10.6. The van der Waals surface area contributed by atoms with Crippen LogP contribution < -0.4 is 0 Å². The minimum atomic E-state index is -3.25. The summed E-state index contributed by atoms with van der Waals surface area (Å²) < 4.78 is 28.5. The van der Waals surface area contributed by atoms with Crippen LogP contribution in [0, 0.1) is 0 Å². The Labute approximate surface area is 130 Å². The van der Waals surface area contributed by atoms with Crippen molar-refractivity contribution >= 4 is 10.0 Å². The van der Waals surface area contributed by atoms with Crippen molar-refractivity contribution in [3.8, 4) is 0 Å². The molecule has 22 heavy (non-hydrogen) atoms. The number of aryl methyl sites for hydroxylation is 1. The first-order valence-electron chi connectivity index (χ1n) is 7.42. The minimum absolute atomic E-state index is 0.0719. The van der Waals surface area contributed by atoms with E-state index in [0.717, 1.165) is 24.2 Å². The summed E-state index contributed by atoms with van der Waals surface area (Å²) in [5.41, 5.74) is 0.831. The zero-order valence-electron chi connectivity index (χ0n) is 12.6. The van der Waals surface area contributed by atoms with Crippen LogP contribution in [0.3, 0.4) is 0 Å². The lowest BCUT2D eigenvalue weighted by molar-refractivity contribution is 0.310. The second kappa shape index (κ2) is 6.18. The monoisotopic (exact) mass is 320 g/mol. The summed E-state index contributed by atoms with van der Waals surface area (Å²) in [4.78, 5) is 0. The Balaban J connectivity index is 1.64. The minimum Gasteiger partial charge on any atom is -0.320 e. The van der Waals surface area contributed by atoms with E-state index in [4.69, 9.17) is 0 Å². The Kier molecular flexibility index (Phi) is 4.26. The summed E-state index contributed by atoms with van der Waals surface area (Å²) in [7, 11) is -1.32. The van der Waals surface area contributed by atoms with Gasteiger partial charge in [0, 0.05) is 26.1 Å². The number of nitrogens with zero attached hydrogens (tertiary/aromatic N) is 4. The zero-order chi connectivity index (χ0) is 15.6. The van der Waals surface area contributed by atoms with Crippen molar-refractivity contribution in [3.63, 3.8) is 0 Å². The average Bonchev–Trinajstić information content (AvgIpc) is 2.94. The van der Waals surface area contributed by atoms with Gasteiger partial charge in [-0.15, -0.1) is 10.2 Å². The maximum atomic E-state index is 12.5. The number of piperidine rings is 1. The molecule has 3 rings (SSSR count).